The molecule has 2 unspecified atom stereocenters. The quantitative estimate of drug-likeness (QED) is 0.379. The molecule has 4 nitrogen and oxygen atoms in total. The first-order chi connectivity index (χ1) is 5.58. The average molecular weight is 172 g/mol. The van der Waals surface area contributed by atoms with Crippen molar-refractivity contribution in [3.05, 3.63) is 25.3 Å². The Balaban J connectivity index is 4.12. The molecule has 0 saturated carbocycles. The van der Waals surface area contributed by atoms with E-state index in [1.54, 1.807) is 0 Å². The first-order valence-corrected chi connectivity index (χ1v) is 3.67. The summed E-state index contributed by atoms with van der Waals surface area (Å²) < 4.78 is 5.14. The largest absolute Gasteiger partial charge is 0.396 e. The molecule has 4 heteroatoms. The fourth-order valence-corrected chi connectivity index (χ4v) is 0.685. The lowest BCUT2D eigenvalue weighted by Crippen LogP contribution is -2.46. The molecule has 0 fully saturated rings. The van der Waals surface area contributed by atoms with E-state index in [9.17, 15) is 0 Å². The van der Waals surface area contributed by atoms with Crippen molar-refractivity contribution in [2.45, 2.75) is 18.4 Å². The van der Waals surface area contributed by atoms with Crippen molar-refractivity contribution in [2.75, 3.05) is 6.61 Å². The van der Waals surface area contributed by atoms with E-state index in [0.29, 0.717) is 0 Å². The topological polar surface area (TPSA) is 81.5 Å². The molecule has 0 saturated heterocycles. The van der Waals surface area contributed by atoms with E-state index in [-0.39, 0.29) is 13.0 Å². The predicted molar refractivity (Wildman–Crippen MR) is 48.1 cm³/mol. The van der Waals surface area contributed by atoms with Crippen LogP contribution in [0.3, 0.4) is 0 Å². The van der Waals surface area contributed by atoms with Gasteiger partial charge in [0.25, 0.3) is 0 Å². The van der Waals surface area contributed by atoms with Crippen LogP contribution in [0, 0.1) is 0 Å². The zero-order valence-electron chi connectivity index (χ0n) is 7.07. The molecule has 0 heterocycles. The van der Waals surface area contributed by atoms with Crippen LogP contribution in [-0.4, -0.2) is 23.7 Å². The van der Waals surface area contributed by atoms with E-state index in [4.69, 9.17) is 21.3 Å². The van der Waals surface area contributed by atoms with E-state index < -0.39 is 12.0 Å². The van der Waals surface area contributed by atoms with Crippen molar-refractivity contribution in [1.82, 2.24) is 0 Å². The van der Waals surface area contributed by atoms with Crippen LogP contribution in [0.25, 0.3) is 0 Å². The highest BCUT2D eigenvalue weighted by Gasteiger charge is 2.22. The number of aliphatic hydroxyl groups is 1. The van der Waals surface area contributed by atoms with E-state index >= 15 is 0 Å². The Bertz CT molecular complexity index is 161. The third kappa shape index (κ3) is 3.64. The van der Waals surface area contributed by atoms with Gasteiger partial charge < -0.3 is 15.6 Å². The number of aliphatic hydroxyl groups excluding tert-OH is 1. The highest BCUT2D eigenvalue weighted by Crippen LogP contribution is 2.11. The van der Waals surface area contributed by atoms with Gasteiger partial charge in [0.05, 0.1) is 0 Å². The van der Waals surface area contributed by atoms with Crippen molar-refractivity contribution in [3.63, 3.8) is 0 Å². The van der Waals surface area contributed by atoms with Gasteiger partial charge in [-0.25, -0.2) is 0 Å². The molecule has 0 aromatic carbocycles. The molecule has 2 atom stereocenters. The summed E-state index contributed by atoms with van der Waals surface area (Å²) in [6, 6.07) is 0. The van der Waals surface area contributed by atoms with Crippen LogP contribution in [0.2, 0.25) is 0 Å². The lowest BCUT2D eigenvalue weighted by Gasteiger charge is -2.27. The van der Waals surface area contributed by atoms with Gasteiger partial charge in [0, 0.05) is 13.0 Å². The number of hydrogen-bond donors (Lipinski definition) is 3. The fourth-order valence-electron chi connectivity index (χ4n) is 0.685. The molecule has 0 aliphatic carbocycles. The second-order valence-electron chi connectivity index (χ2n) is 2.45. The van der Waals surface area contributed by atoms with Crippen molar-refractivity contribution >= 4 is 0 Å². The summed E-state index contributed by atoms with van der Waals surface area (Å²) in [5.74, 6) is 0. The van der Waals surface area contributed by atoms with E-state index in [0.717, 1.165) is 0 Å². The lowest BCUT2D eigenvalue weighted by molar-refractivity contribution is -0.0482. The smallest absolute Gasteiger partial charge is 0.140 e. The summed E-state index contributed by atoms with van der Waals surface area (Å²) in [6.45, 7) is 6.85. The molecule has 0 aliphatic rings. The highest BCUT2D eigenvalue weighted by atomic mass is 16.5. The summed E-state index contributed by atoms with van der Waals surface area (Å²) in [5.41, 5.74) is 10.0. The van der Waals surface area contributed by atoms with Crippen LogP contribution in [-0.2, 0) is 4.74 Å². The molecular formula is C8H16N2O2. The van der Waals surface area contributed by atoms with Crippen LogP contribution in [0.4, 0.5) is 0 Å². The van der Waals surface area contributed by atoms with Gasteiger partial charge in [0.15, 0.2) is 0 Å². The third-order valence-electron chi connectivity index (χ3n) is 1.44. The summed E-state index contributed by atoms with van der Waals surface area (Å²) in [4.78, 5) is 0. The maximum absolute atomic E-state index is 8.64. The first-order valence-electron chi connectivity index (χ1n) is 3.67. The summed E-state index contributed by atoms with van der Waals surface area (Å²) >= 11 is 0. The second-order valence-corrected chi connectivity index (χ2v) is 2.45. The molecule has 0 aliphatic heterocycles. The minimum Gasteiger partial charge on any atom is -0.396 e. The van der Waals surface area contributed by atoms with E-state index in [2.05, 4.69) is 13.2 Å². The molecule has 70 valence electrons. The first kappa shape index (κ1) is 11.3. The number of ether oxygens (including phenoxy) is 1. The summed E-state index contributed by atoms with van der Waals surface area (Å²) in [6.07, 6.45) is 2.45. The maximum Gasteiger partial charge on any atom is 0.140 e. The van der Waals surface area contributed by atoms with Gasteiger partial charge in [-0.05, 0) is 12.2 Å². The van der Waals surface area contributed by atoms with Crippen LogP contribution < -0.4 is 11.5 Å². The molecule has 12 heavy (non-hydrogen) atoms. The number of hydrogen-bond acceptors (Lipinski definition) is 4. The van der Waals surface area contributed by atoms with Crippen molar-refractivity contribution in [3.8, 4) is 0 Å². The molecule has 0 amide bonds. The molecule has 0 aromatic heterocycles. The average Bonchev–Trinajstić information content (AvgIpc) is 2.05. The minimum atomic E-state index is -1.07. The van der Waals surface area contributed by atoms with Crippen LogP contribution in [0.15, 0.2) is 25.3 Å². The molecular weight excluding hydrogens is 156 g/mol. The number of nitrogens with two attached hydrogens (primary N) is 2. The Labute approximate surface area is 72.5 Å². The van der Waals surface area contributed by atoms with Crippen LogP contribution in [0.1, 0.15) is 6.42 Å². The Hall–Kier alpha value is -0.680. The van der Waals surface area contributed by atoms with Crippen molar-refractivity contribution in [2.24, 2.45) is 11.5 Å². The Kier molecular flexibility index (Phi) is 4.77. The standard InChI is InChI=1S/C8H16N2O2/c1-3-7(9)12-8(10,4-2)5-6-11/h3-4,7,11H,1-2,5-6,9-10H2. The van der Waals surface area contributed by atoms with Gasteiger partial charge in [-0.15, -0.1) is 0 Å². The monoisotopic (exact) mass is 172 g/mol. The minimum absolute atomic E-state index is 0.0770. The normalized spacial score (nSPS) is 17.9. The van der Waals surface area contributed by atoms with Gasteiger partial charge in [-0.2, -0.15) is 0 Å². The fraction of sp³-hybridized carbons (Fsp3) is 0.500. The molecule has 0 spiro atoms. The highest BCUT2D eigenvalue weighted by molar-refractivity contribution is 4.94. The third-order valence-corrected chi connectivity index (χ3v) is 1.44. The van der Waals surface area contributed by atoms with Gasteiger partial charge >= 0.3 is 0 Å². The molecule has 0 aromatic rings. The summed E-state index contributed by atoms with van der Waals surface area (Å²) in [5, 5.41) is 8.64. The molecule has 5 N–H and O–H groups in total. The number of rotatable bonds is 6. The zero-order chi connectivity index (χ0) is 9.61. The van der Waals surface area contributed by atoms with Crippen molar-refractivity contribution in [1.29, 1.82) is 0 Å². The van der Waals surface area contributed by atoms with Gasteiger partial charge in [-0.1, -0.05) is 13.2 Å². The SMILES string of the molecule is C=CC(N)OC(N)(C=C)CCO. The summed E-state index contributed by atoms with van der Waals surface area (Å²) in [7, 11) is 0. The molecule has 0 radical (unpaired) electrons. The second kappa shape index (κ2) is 5.05. The maximum atomic E-state index is 8.64. The van der Waals surface area contributed by atoms with Crippen LogP contribution >= 0.6 is 0 Å². The van der Waals surface area contributed by atoms with Gasteiger partial charge in [0.2, 0.25) is 0 Å². The van der Waals surface area contributed by atoms with E-state index in [1.165, 1.54) is 12.2 Å². The Morgan fingerprint density at radius 2 is 2.17 bits per heavy atom. The van der Waals surface area contributed by atoms with Crippen molar-refractivity contribution < 1.29 is 9.84 Å². The van der Waals surface area contributed by atoms with Gasteiger partial charge in [0.1, 0.15) is 12.0 Å². The van der Waals surface area contributed by atoms with Crippen LogP contribution in [0.5, 0.6) is 0 Å². The molecule has 0 bridgehead atoms. The zero-order valence-corrected chi connectivity index (χ0v) is 7.07. The predicted octanol–water partition coefficient (Wildman–Crippen LogP) is -0.303. The Morgan fingerprint density at radius 1 is 1.58 bits per heavy atom. The Morgan fingerprint density at radius 3 is 2.50 bits per heavy atom. The molecule has 0 rings (SSSR count). The lowest BCUT2D eigenvalue weighted by atomic mass is 10.1. The van der Waals surface area contributed by atoms with E-state index in [1.807, 2.05) is 0 Å². The van der Waals surface area contributed by atoms with Gasteiger partial charge in [-0.3, -0.25) is 5.73 Å².